The summed E-state index contributed by atoms with van der Waals surface area (Å²) in [6, 6.07) is 0. The fourth-order valence-electron chi connectivity index (χ4n) is 1.86. The number of hydrogen-bond acceptors (Lipinski definition) is 4. The Morgan fingerprint density at radius 2 is 2.15 bits per heavy atom. The Hall–Kier alpha value is -0.770. The van der Waals surface area contributed by atoms with E-state index in [1.54, 1.807) is 16.8 Å². The van der Waals surface area contributed by atoms with E-state index in [1.807, 2.05) is 0 Å². The van der Waals surface area contributed by atoms with E-state index in [9.17, 15) is 4.79 Å². The Morgan fingerprint density at radius 3 is 2.69 bits per heavy atom. The molecule has 1 saturated carbocycles. The average molecular weight is 196 g/mol. The molecule has 0 saturated heterocycles. The molecular weight excluding hydrogens is 184 g/mol. The maximum Gasteiger partial charge on any atom is 0.123 e. The van der Waals surface area contributed by atoms with Crippen molar-refractivity contribution in [2.75, 3.05) is 0 Å². The molecule has 0 amide bonds. The summed E-state index contributed by atoms with van der Waals surface area (Å²) in [5.41, 5.74) is 1.78. The molecule has 0 aromatic carbocycles. The predicted octanol–water partition coefficient (Wildman–Crippen LogP) is 2.01. The van der Waals surface area contributed by atoms with Crippen LogP contribution in [-0.4, -0.2) is 16.5 Å². The molecule has 3 nitrogen and oxygen atoms in total. The first-order valence-electron chi connectivity index (χ1n) is 4.61. The molecule has 13 heavy (non-hydrogen) atoms. The SMILES string of the molecule is O=CC1CCC(c2nncs2)CC1. The minimum absolute atomic E-state index is 0.296. The smallest absolute Gasteiger partial charge is 0.123 e. The van der Waals surface area contributed by atoms with Crippen molar-refractivity contribution in [1.29, 1.82) is 0 Å². The van der Waals surface area contributed by atoms with Crippen LogP contribution >= 0.6 is 11.3 Å². The topological polar surface area (TPSA) is 42.9 Å². The highest BCUT2D eigenvalue weighted by Gasteiger charge is 2.23. The highest BCUT2D eigenvalue weighted by molar-refractivity contribution is 7.09. The largest absolute Gasteiger partial charge is 0.303 e. The molecule has 1 aromatic heterocycles. The van der Waals surface area contributed by atoms with E-state index >= 15 is 0 Å². The summed E-state index contributed by atoms with van der Waals surface area (Å²) in [6.07, 6.45) is 5.33. The highest BCUT2D eigenvalue weighted by Crippen LogP contribution is 2.35. The van der Waals surface area contributed by atoms with Crippen LogP contribution in [0.25, 0.3) is 0 Å². The molecule has 2 rings (SSSR count). The third-order valence-electron chi connectivity index (χ3n) is 2.69. The van der Waals surface area contributed by atoms with Gasteiger partial charge in [-0.05, 0) is 25.7 Å². The van der Waals surface area contributed by atoms with Crippen molar-refractivity contribution in [3.63, 3.8) is 0 Å². The zero-order valence-corrected chi connectivity index (χ0v) is 8.17. The Balaban J connectivity index is 1.95. The second-order valence-electron chi connectivity index (χ2n) is 3.52. The van der Waals surface area contributed by atoms with Gasteiger partial charge in [-0.1, -0.05) is 0 Å². The van der Waals surface area contributed by atoms with Gasteiger partial charge >= 0.3 is 0 Å². The zero-order valence-electron chi connectivity index (χ0n) is 7.35. The Bertz CT molecular complexity index is 265. The standard InChI is InChI=1S/C9H12N2OS/c12-5-7-1-3-8(4-2-7)9-11-10-6-13-9/h5-8H,1-4H2. The third kappa shape index (κ3) is 1.94. The minimum Gasteiger partial charge on any atom is -0.303 e. The van der Waals surface area contributed by atoms with Crippen LogP contribution < -0.4 is 0 Å². The molecule has 1 aliphatic carbocycles. The van der Waals surface area contributed by atoms with E-state index < -0.39 is 0 Å². The van der Waals surface area contributed by atoms with Crippen molar-refractivity contribution in [3.8, 4) is 0 Å². The van der Waals surface area contributed by atoms with Crippen LogP contribution in [0.2, 0.25) is 0 Å². The van der Waals surface area contributed by atoms with Gasteiger partial charge < -0.3 is 4.79 Å². The number of carbonyl (C=O) groups is 1. The van der Waals surface area contributed by atoms with Gasteiger partial charge in [0.25, 0.3) is 0 Å². The van der Waals surface area contributed by atoms with Gasteiger partial charge in [-0.25, -0.2) is 0 Å². The van der Waals surface area contributed by atoms with E-state index in [0.717, 1.165) is 37.0 Å². The molecule has 1 fully saturated rings. The van der Waals surface area contributed by atoms with Crippen LogP contribution in [0.1, 0.15) is 36.6 Å². The van der Waals surface area contributed by atoms with E-state index in [0.29, 0.717) is 11.8 Å². The summed E-state index contributed by atoms with van der Waals surface area (Å²) in [7, 11) is 0. The lowest BCUT2D eigenvalue weighted by Crippen LogP contribution is -2.13. The van der Waals surface area contributed by atoms with E-state index in [1.165, 1.54) is 0 Å². The van der Waals surface area contributed by atoms with Gasteiger partial charge in [-0.2, -0.15) is 0 Å². The zero-order chi connectivity index (χ0) is 9.10. The first-order chi connectivity index (χ1) is 6.40. The molecule has 0 N–H and O–H groups in total. The summed E-state index contributed by atoms with van der Waals surface area (Å²) >= 11 is 1.63. The number of rotatable bonds is 2. The van der Waals surface area contributed by atoms with Crippen molar-refractivity contribution in [1.82, 2.24) is 10.2 Å². The highest BCUT2D eigenvalue weighted by atomic mass is 32.1. The maximum atomic E-state index is 10.5. The van der Waals surface area contributed by atoms with Crippen molar-refractivity contribution in [3.05, 3.63) is 10.5 Å². The van der Waals surface area contributed by atoms with Gasteiger partial charge in [0.1, 0.15) is 16.8 Å². The van der Waals surface area contributed by atoms with Crippen molar-refractivity contribution >= 4 is 17.6 Å². The second kappa shape index (κ2) is 3.96. The first-order valence-corrected chi connectivity index (χ1v) is 5.49. The summed E-state index contributed by atoms with van der Waals surface area (Å²) in [5.74, 6) is 0.855. The number of aromatic nitrogens is 2. The summed E-state index contributed by atoms with van der Waals surface area (Å²) in [6.45, 7) is 0. The van der Waals surface area contributed by atoms with Crippen LogP contribution in [-0.2, 0) is 4.79 Å². The lowest BCUT2D eigenvalue weighted by Gasteiger charge is -2.22. The normalized spacial score (nSPS) is 28.6. The molecule has 0 bridgehead atoms. The van der Waals surface area contributed by atoms with Gasteiger partial charge in [-0.15, -0.1) is 21.5 Å². The minimum atomic E-state index is 0.296. The number of hydrogen-bond donors (Lipinski definition) is 0. The van der Waals surface area contributed by atoms with Crippen LogP contribution in [0.4, 0.5) is 0 Å². The van der Waals surface area contributed by atoms with Crippen LogP contribution in [0.15, 0.2) is 5.51 Å². The molecule has 0 aliphatic heterocycles. The number of carbonyl (C=O) groups excluding carboxylic acids is 1. The molecule has 70 valence electrons. The molecule has 0 radical (unpaired) electrons. The number of aldehydes is 1. The molecule has 4 heteroatoms. The molecule has 0 unspecified atom stereocenters. The molecule has 1 heterocycles. The van der Waals surface area contributed by atoms with Crippen LogP contribution in [0.5, 0.6) is 0 Å². The first kappa shape index (κ1) is 8.81. The number of nitrogens with zero attached hydrogens (tertiary/aromatic N) is 2. The Morgan fingerprint density at radius 1 is 1.38 bits per heavy atom. The van der Waals surface area contributed by atoms with Gasteiger partial charge in [0.2, 0.25) is 0 Å². The van der Waals surface area contributed by atoms with Gasteiger partial charge in [0, 0.05) is 11.8 Å². The van der Waals surface area contributed by atoms with Crippen LogP contribution in [0.3, 0.4) is 0 Å². The van der Waals surface area contributed by atoms with Crippen molar-refractivity contribution < 1.29 is 4.79 Å². The molecule has 1 aromatic rings. The molecule has 1 aliphatic rings. The quantitative estimate of drug-likeness (QED) is 0.679. The van der Waals surface area contributed by atoms with Crippen molar-refractivity contribution in [2.24, 2.45) is 5.92 Å². The third-order valence-corrected chi connectivity index (χ3v) is 3.55. The molecule has 0 spiro atoms. The Labute approximate surface area is 81.2 Å². The lowest BCUT2D eigenvalue weighted by molar-refractivity contribution is -0.111. The fraction of sp³-hybridized carbons (Fsp3) is 0.667. The van der Waals surface area contributed by atoms with Gasteiger partial charge in [0.15, 0.2) is 0 Å². The van der Waals surface area contributed by atoms with Crippen LogP contribution in [0, 0.1) is 5.92 Å². The second-order valence-corrected chi connectivity index (χ2v) is 4.39. The van der Waals surface area contributed by atoms with E-state index in [4.69, 9.17) is 0 Å². The Kier molecular flexibility index (Phi) is 2.68. The van der Waals surface area contributed by atoms with E-state index in [2.05, 4.69) is 10.2 Å². The average Bonchev–Trinajstić information content (AvgIpc) is 2.71. The van der Waals surface area contributed by atoms with Crippen molar-refractivity contribution in [2.45, 2.75) is 31.6 Å². The molecule has 0 atom stereocenters. The van der Waals surface area contributed by atoms with Gasteiger partial charge in [-0.3, -0.25) is 0 Å². The lowest BCUT2D eigenvalue weighted by atomic mass is 9.83. The predicted molar refractivity (Wildman–Crippen MR) is 50.7 cm³/mol. The summed E-state index contributed by atoms with van der Waals surface area (Å²) < 4.78 is 0. The van der Waals surface area contributed by atoms with E-state index in [-0.39, 0.29) is 0 Å². The monoisotopic (exact) mass is 196 g/mol. The fourth-order valence-corrected chi connectivity index (χ4v) is 2.59. The van der Waals surface area contributed by atoms with Gasteiger partial charge in [0.05, 0.1) is 0 Å². The molecular formula is C9H12N2OS. The maximum absolute atomic E-state index is 10.5. The summed E-state index contributed by atoms with van der Waals surface area (Å²) in [4.78, 5) is 10.5. The summed E-state index contributed by atoms with van der Waals surface area (Å²) in [5, 5.41) is 9.05.